The molecule has 3 atom stereocenters. The maximum atomic E-state index is 12.1. The van der Waals surface area contributed by atoms with E-state index in [4.69, 9.17) is 10.5 Å². The molecule has 4 heteroatoms. The van der Waals surface area contributed by atoms with Crippen molar-refractivity contribution in [3.63, 3.8) is 0 Å². The van der Waals surface area contributed by atoms with Gasteiger partial charge in [-0.15, -0.1) is 0 Å². The predicted octanol–water partition coefficient (Wildman–Crippen LogP) is 3.17. The monoisotopic (exact) mass is 292 g/mol. The van der Waals surface area contributed by atoms with Crippen LogP contribution in [-0.4, -0.2) is 18.1 Å². The first-order valence-corrected chi connectivity index (χ1v) is 7.81. The second-order valence-corrected chi connectivity index (χ2v) is 5.51. The van der Waals surface area contributed by atoms with Crippen LogP contribution in [0.3, 0.4) is 0 Å². The fourth-order valence-corrected chi connectivity index (χ4v) is 2.22. The van der Waals surface area contributed by atoms with Crippen LogP contribution in [0.4, 0.5) is 0 Å². The summed E-state index contributed by atoms with van der Waals surface area (Å²) in [5.74, 6) is 0.605. The van der Waals surface area contributed by atoms with E-state index in [1.165, 1.54) is 0 Å². The van der Waals surface area contributed by atoms with Gasteiger partial charge in [-0.25, -0.2) is 0 Å². The highest BCUT2D eigenvalue weighted by Gasteiger charge is 2.19. The Labute approximate surface area is 128 Å². The smallest absolute Gasteiger partial charge is 0.260 e. The average molecular weight is 292 g/mol. The molecule has 0 saturated heterocycles. The number of benzene rings is 1. The summed E-state index contributed by atoms with van der Waals surface area (Å²) in [6, 6.07) is 7.74. The summed E-state index contributed by atoms with van der Waals surface area (Å²) >= 11 is 0. The number of nitrogens with two attached hydrogens (primary N) is 1. The molecule has 0 aromatic heterocycles. The van der Waals surface area contributed by atoms with Gasteiger partial charge in [-0.3, -0.25) is 4.79 Å². The van der Waals surface area contributed by atoms with Crippen LogP contribution in [0.15, 0.2) is 24.3 Å². The van der Waals surface area contributed by atoms with E-state index in [1.54, 1.807) is 6.92 Å². The second-order valence-electron chi connectivity index (χ2n) is 5.51. The highest BCUT2D eigenvalue weighted by molar-refractivity contribution is 5.81. The number of rotatable bonds is 8. The third-order valence-electron chi connectivity index (χ3n) is 3.54. The van der Waals surface area contributed by atoms with Gasteiger partial charge in [0.25, 0.3) is 5.91 Å². The summed E-state index contributed by atoms with van der Waals surface area (Å²) in [5, 5.41) is 2.97. The molecule has 1 aromatic rings. The van der Waals surface area contributed by atoms with Gasteiger partial charge in [0.15, 0.2) is 6.10 Å². The molecule has 0 aliphatic carbocycles. The van der Waals surface area contributed by atoms with Gasteiger partial charge < -0.3 is 15.8 Å². The predicted molar refractivity (Wildman–Crippen MR) is 86.3 cm³/mol. The summed E-state index contributed by atoms with van der Waals surface area (Å²) < 4.78 is 5.82. The summed E-state index contributed by atoms with van der Waals surface area (Å²) in [6.45, 7) is 7.91. The molecule has 0 saturated carbocycles. The number of hydrogen-bond acceptors (Lipinski definition) is 3. The molecular weight excluding hydrogens is 264 g/mol. The zero-order valence-corrected chi connectivity index (χ0v) is 13.6. The van der Waals surface area contributed by atoms with Crippen LogP contribution in [0, 0.1) is 0 Å². The number of nitrogens with one attached hydrogen (secondary N) is 1. The van der Waals surface area contributed by atoms with E-state index in [9.17, 15) is 4.79 Å². The number of para-hydroxylation sites is 1. The number of carbonyl (C=O) groups excluding carboxylic acids is 1. The van der Waals surface area contributed by atoms with Crippen LogP contribution >= 0.6 is 0 Å². The number of carbonyl (C=O) groups is 1. The first-order chi connectivity index (χ1) is 9.99. The summed E-state index contributed by atoms with van der Waals surface area (Å²) in [6.07, 6.45) is 2.31. The quantitative estimate of drug-likeness (QED) is 0.773. The molecule has 21 heavy (non-hydrogen) atoms. The molecule has 0 spiro atoms. The molecule has 3 unspecified atom stereocenters. The third-order valence-corrected chi connectivity index (χ3v) is 3.54. The lowest BCUT2D eigenvalue weighted by Gasteiger charge is -2.21. The van der Waals surface area contributed by atoms with Crippen molar-refractivity contribution in [3.05, 3.63) is 29.8 Å². The van der Waals surface area contributed by atoms with Gasteiger partial charge in [0.2, 0.25) is 0 Å². The summed E-state index contributed by atoms with van der Waals surface area (Å²) in [4.78, 5) is 12.1. The van der Waals surface area contributed by atoms with Crippen molar-refractivity contribution < 1.29 is 9.53 Å². The zero-order valence-electron chi connectivity index (χ0n) is 13.6. The maximum absolute atomic E-state index is 12.1. The highest BCUT2D eigenvalue weighted by atomic mass is 16.5. The Hall–Kier alpha value is -1.55. The Morgan fingerprint density at radius 3 is 2.57 bits per heavy atom. The first kappa shape index (κ1) is 17.5. The van der Waals surface area contributed by atoms with Gasteiger partial charge >= 0.3 is 0 Å². The average Bonchev–Trinajstić information content (AvgIpc) is 2.47. The van der Waals surface area contributed by atoms with E-state index in [-0.39, 0.29) is 18.0 Å². The van der Waals surface area contributed by atoms with Crippen molar-refractivity contribution in [1.82, 2.24) is 5.32 Å². The molecule has 3 N–H and O–H groups in total. The SMILES string of the molecule is CCCC(C)NC(=O)C(C)Oc1ccccc1C(N)CC. The number of amides is 1. The topological polar surface area (TPSA) is 64.3 Å². The van der Waals surface area contributed by atoms with E-state index in [0.29, 0.717) is 5.75 Å². The maximum Gasteiger partial charge on any atom is 0.260 e. The van der Waals surface area contributed by atoms with Crippen LogP contribution in [0.1, 0.15) is 58.6 Å². The highest BCUT2D eigenvalue weighted by Crippen LogP contribution is 2.26. The van der Waals surface area contributed by atoms with Crippen LogP contribution in [0.5, 0.6) is 5.75 Å². The molecule has 0 fully saturated rings. The fourth-order valence-electron chi connectivity index (χ4n) is 2.22. The largest absolute Gasteiger partial charge is 0.481 e. The Morgan fingerprint density at radius 2 is 1.95 bits per heavy atom. The lowest BCUT2D eigenvalue weighted by atomic mass is 10.0. The fraction of sp³-hybridized carbons (Fsp3) is 0.588. The van der Waals surface area contributed by atoms with Gasteiger partial charge in [-0.05, 0) is 32.8 Å². The van der Waals surface area contributed by atoms with Crippen LogP contribution in [0.2, 0.25) is 0 Å². The summed E-state index contributed by atoms with van der Waals surface area (Å²) in [5.41, 5.74) is 7.03. The second kappa shape index (κ2) is 8.67. The number of hydrogen-bond donors (Lipinski definition) is 2. The van der Waals surface area contributed by atoms with Crippen LogP contribution < -0.4 is 15.8 Å². The van der Waals surface area contributed by atoms with E-state index in [0.717, 1.165) is 24.8 Å². The number of ether oxygens (including phenoxy) is 1. The Morgan fingerprint density at radius 1 is 1.29 bits per heavy atom. The normalized spacial score (nSPS) is 15.1. The Bertz CT molecular complexity index is 448. The molecular formula is C17H28N2O2. The van der Waals surface area contributed by atoms with Crippen molar-refractivity contribution in [2.75, 3.05) is 0 Å². The van der Waals surface area contributed by atoms with Gasteiger partial charge in [0.05, 0.1) is 0 Å². The van der Waals surface area contributed by atoms with Crippen LogP contribution in [0.25, 0.3) is 0 Å². The molecule has 1 aromatic carbocycles. The zero-order chi connectivity index (χ0) is 15.8. The van der Waals surface area contributed by atoms with Gasteiger partial charge in [-0.2, -0.15) is 0 Å². The van der Waals surface area contributed by atoms with Crippen molar-refractivity contribution in [2.24, 2.45) is 5.73 Å². The third kappa shape index (κ3) is 5.38. The minimum Gasteiger partial charge on any atom is -0.481 e. The molecule has 0 heterocycles. The van der Waals surface area contributed by atoms with Crippen molar-refractivity contribution >= 4 is 5.91 Å². The first-order valence-electron chi connectivity index (χ1n) is 7.81. The van der Waals surface area contributed by atoms with Crippen LogP contribution in [-0.2, 0) is 4.79 Å². The minimum atomic E-state index is -0.533. The molecule has 0 aliphatic heterocycles. The van der Waals surface area contributed by atoms with Crippen molar-refractivity contribution in [2.45, 2.75) is 65.1 Å². The molecule has 0 radical (unpaired) electrons. The molecule has 1 amide bonds. The molecule has 4 nitrogen and oxygen atoms in total. The van der Waals surface area contributed by atoms with E-state index in [1.807, 2.05) is 38.1 Å². The molecule has 1 rings (SSSR count). The summed E-state index contributed by atoms with van der Waals surface area (Å²) in [7, 11) is 0. The van der Waals surface area contributed by atoms with E-state index >= 15 is 0 Å². The van der Waals surface area contributed by atoms with E-state index in [2.05, 4.69) is 12.2 Å². The minimum absolute atomic E-state index is 0.0736. The van der Waals surface area contributed by atoms with Gasteiger partial charge in [0, 0.05) is 17.6 Å². The molecule has 118 valence electrons. The van der Waals surface area contributed by atoms with E-state index < -0.39 is 6.10 Å². The van der Waals surface area contributed by atoms with Crippen molar-refractivity contribution in [3.8, 4) is 5.75 Å². The lowest BCUT2D eigenvalue weighted by Crippen LogP contribution is -2.41. The lowest BCUT2D eigenvalue weighted by molar-refractivity contribution is -0.127. The van der Waals surface area contributed by atoms with Crippen molar-refractivity contribution in [1.29, 1.82) is 0 Å². The molecule has 0 bridgehead atoms. The Kier molecular flexibility index (Phi) is 7.23. The van der Waals surface area contributed by atoms with Gasteiger partial charge in [0.1, 0.15) is 5.75 Å². The van der Waals surface area contributed by atoms with Gasteiger partial charge in [-0.1, -0.05) is 38.5 Å². The Balaban J connectivity index is 2.70. The standard InChI is InChI=1S/C17H28N2O2/c1-5-9-12(3)19-17(20)13(4)21-16-11-8-7-10-14(16)15(18)6-2/h7-8,10-13,15H,5-6,9,18H2,1-4H3,(H,19,20). The molecule has 0 aliphatic rings.